The van der Waals surface area contributed by atoms with Crippen molar-refractivity contribution in [3.05, 3.63) is 29.8 Å². The Bertz CT molecular complexity index is 788. The minimum Gasteiger partial charge on any atom is -0.481 e. The molecule has 0 bridgehead atoms. The summed E-state index contributed by atoms with van der Waals surface area (Å²) in [5, 5.41) is 8.13. The lowest BCUT2D eigenvalue weighted by atomic mass is 10.1. The largest absolute Gasteiger partial charge is 0.481 e. The average molecular weight is 432 g/mol. The van der Waals surface area contributed by atoms with E-state index in [9.17, 15) is 14.4 Å². The van der Waals surface area contributed by atoms with Crippen LogP contribution in [0.5, 0.6) is 5.75 Å². The number of hydrogen-bond acceptors (Lipinski definition) is 5. The summed E-state index contributed by atoms with van der Waals surface area (Å²) in [6, 6.07) is 5.89. The van der Waals surface area contributed by atoms with Crippen LogP contribution in [0.1, 0.15) is 57.8 Å². The number of nitrogens with one attached hydrogen (secondary N) is 3. The minimum absolute atomic E-state index is 0.272. The Morgan fingerprint density at radius 2 is 1.77 bits per heavy atom. The van der Waals surface area contributed by atoms with E-state index in [1.807, 2.05) is 6.92 Å². The Balaban J connectivity index is 2.61. The summed E-state index contributed by atoms with van der Waals surface area (Å²) in [6.07, 6.45) is 0.343. The van der Waals surface area contributed by atoms with Gasteiger partial charge < -0.3 is 25.4 Å². The molecule has 0 aromatic heterocycles. The molecule has 1 atom stereocenters. The van der Waals surface area contributed by atoms with Crippen molar-refractivity contribution in [1.29, 1.82) is 0 Å². The number of ether oxygens (including phenoxy) is 2. The molecule has 1 aromatic rings. The van der Waals surface area contributed by atoms with E-state index in [1.165, 1.54) is 0 Å². The maximum Gasteiger partial charge on any atom is 0.407 e. The second-order valence-electron chi connectivity index (χ2n) is 7.73. The first kappa shape index (κ1) is 25.8. The molecule has 0 fully saturated rings. The van der Waals surface area contributed by atoms with Crippen LogP contribution in [0.4, 0.5) is 4.79 Å². The summed E-state index contributed by atoms with van der Waals surface area (Å²) < 4.78 is 10.6. The van der Waals surface area contributed by atoms with Crippen LogP contribution in [0.15, 0.2) is 24.3 Å². The zero-order valence-corrected chi connectivity index (χ0v) is 19.0. The lowest BCUT2D eigenvalue weighted by molar-refractivity contribution is -0.123. The molecule has 1 aromatic carbocycles. The zero-order valence-electron chi connectivity index (χ0n) is 19.0. The van der Waals surface area contributed by atoms with Gasteiger partial charge in [-0.15, -0.1) is 5.92 Å². The SMILES string of the molecule is CC#CCOc1ccc(C(=O)NC(CCCNC(=O)OC(C)(C)C)C(=O)NCC)cc1. The summed E-state index contributed by atoms with van der Waals surface area (Å²) in [5.74, 6) is 5.50. The average Bonchev–Trinajstić information content (AvgIpc) is 2.69. The van der Waals surface area contributed by atoms with Crippen molar-refractivity contribution in [2.75, 3.05) is 19.7 Å². The molecule has 0 spiro atoms. The quantitative estimate of drug-likeness (QED) is 0.390. The van der Waals surface area contributed by atoms with Crippen LogP contribution in [0.3, 0.4) is 0 Å². The van der Waals surface area contributed by atoms with Gasteiger partial charge in [0.25, 0.3) is 5.91 Å². The Morgan fingerprint density at radius 1 is 1.10 bits per heavy atom. The third-order valence-corrected chi connectivity index (χ3v) is 3.91. The second kappa shape index (κ2) is 13.2. The first-order valence-corrected chi connectivity index (χ1v) is 10.3. The Hall–Kier alpha value is -3.21. The molecule has 3 amide bonds. The van der Waals surface area contributed by atoms with Crippen molar-refractivity contribution in [2.24, 2.45) is 0 Å². The van der Waals surface area contributed by atoms with E-state index >= 15 is 0 Å². The number of benzene rings is 1. The van der Waals surface area contributed by atoms with Crippen molar-refractivity contribution >= 4 is 17.9 Å². The molecule has 0 radical (unpaired) electrons. The van der Waals surface area contributed by atoms with E-state index < -0.39 is 17.7 Å². The molecule has 0 aliphatic rings. The van der Waals surface area contributed by atoms with Crippen LogP contribution in [0.25, 0.3) is 0 Å². The fraction of sp³-hybridized carbons (Fsp3) is 0.522. The molecule has 31 heavy (non-hydrogen) atoms. The summed E-state index contributed by atoms with van der Waals surface area (Å²) in [6.45, 7) is 9.94. The summed E-state index contributed by atoms with van der Waals surface area (Å²) >= 11 is 0. The molecule has 8 heteroatoms. The lowest BCUT2D eigenvalue weighted by Gasteiger charge is -2.20. The van der Waals surface area contributed by atoms with E-state index in [0.717, 1.165) is 0 Å². The van der Waals surface area contributed by atoms with Crippen molar-refractivity contribution in [1.82, 2.24) is 16.0 Å². The molecule has 0 saturated heterocycles. The minimum atomic E-state index is -0.719. The van der Waals surface area contributed by atoms with E-state index in [1.54, 1.807) is 52.0 Å². The van der Waals surface area contributed by atoms with Gasteiger partial charge in [0.05, 0.1) is 0 Å². The van der Waals surface area contributed by atoms with Crippen LogP contribution in [0.2, 0.25) is 0 Å². The summed E-state index contributed by atoms with van der Waals surface area (Å²) in [7, 11) is 0. The molecule has 170 valence electrons. The number of alkyl carbamates (subject to hydrolysis) is 1. The standard InChI is InChI=1S/C23H33N3O5/c1-6-8-16-30-18-13-11-17(12-14-18)20(27)26-19(21(28)24-7-2)10-9-15-25-22(29)31-23(3,4)5/h11-14,19H,7,9-10,15-16H2,1-5H3,(H,24,28)(H,25,29)(H,26,27). The molecule has 0 aliphatic carbocycles. The maximum atomic E-state index is 12.6. The highest BCUT2D eigenvalue weighted by Crippen LogP contribution is 2.12. The van der Waals surface area contributed by atoms with Gasteiger partial charge in [-0.2, -0.15) is 0 Å². The predicted molar refractivity (Wildman–Crippen MR) is 119 cm³/mol. The Labute approximate surface area is 184 Å². The van der Waals surface area contributed by atoms with Gasteiger partial charge in [-0.1, -0.05) is 5.92 Å². The van der Waals surface area contributed by atoms with Gasteiger partial charge in [-0.25, -0.2) is 4.79 Å². The van der Waals surface area contributed by atoms with Crippen molar-refractivity contribution in [3.8, 4) is 17.6 Å². The fourth-order valence-corrected chi connectivity index (χ4v) is 2.51. The number of rotatable bonds is 10. The third kappa shape index (κ3) is 10.9. The molecule has 3 N–H and O–H groups in total. The van der Waals surface area contributed by atoms with Crippen LogP contribution < -0.4 is 20.7 Å². The second-order valence-corrected chi connectivity index (χ2v) is 7.73. The smallest absolute Gasteiger partial charge is 0.407 e. The molecule has 8 nitrogen and oxygen atoms in total. The number of carbonyl (C=O) groups excluding carboxylic acids is 3. The van der Waals surface area contributed by atoms with Crippen molar-refractivity contribution < 1.29 is 23.9 Å². The highest BCUT2D eigenvalue weighted by atomic mass is 16.6. The predicted octanol–water partition coefficient (Wildman–Crippen LogP) is 2.63. The monoisotopic (exact) mass is 431 g/mol. The Morgan fingerprint density at radius 3 is 2.35 bits per heavy atom. The molecular weight excluding hydrogens is 398 g/mol. The molecule has 0 saturated carbocycles. The molecular formula is C23H33N3O5. The van der Waals surface area contributed by atoms with Crippen LogP contribution in [-0.2, 0) is 9.53 Å². The van der Waals surface area contributed by atoms with Crippen LogP contribution in [0, 0.1) is 11.8 Å². The van der Waals surface area contributed by atoms with E-state index in [2.05, 4.69) is 27.8 Å². The number of amides is 3. The molecule has 1 unspecified atom stereocenters. The zero-order chi connectivity index (χ0) is 23.3. The topological polar surface area (TPSA) is 106 Å². The third-order valence-electron chi connectivity index (χ3n) is 3.91. The number of likely N-dealkylation sites (N-methyl/N-ethyl adjacent to an activating group) is 1. The van der Waals surface area contributed by atoms with E-state index in [-0.39, 0.29) is 18.4 Å². The van der Waals surface area contributed by atoms with Gasteiger partial charge in [0.1, 0.15) is 24.0 Å². The van der Waals surface area contributed by atoms with Crippen LogP contribution in [-0.4, -0.2) is 49.2 Å². The van der Waals surface area contributed by atoms with Gasteiger partial charge >= 0.3 is 6.09 Å². The van der Waals surface area contributed by atoms with E-state index in [4.69, 9.17) is 9.47 Å². The first-order valence-electron chi connectivity index (χ1n) is 10.3. The number of carbonyl (C=O) groups is 3. The van der Waals surface area contributed by atoms with Gasteiger partial charge in [0.2, 0.25) is 5.91 Å². The van der Waals surface area contributed by atoms with Gasteiger partial charge in [-0.3, -0.25) is 9.59 Å². The van der Waals surface area contributed by atoms with Gasteiger partial charge in [-0.05, 0) is 71.7 Å². The highest BCUT2D eigenvalue weighted by Gasteiger charge is 2.21. The summed E-state index contributed by atoms with van der Waals surface area (Å²) in [4.78, 5) is 36.7. The maximum absolute atomic E-state index is 12.6. The molecule has 1 rings (SSSR count). The molecule has 0 heterocycles. The highest BCUT2D eigenvalue weighted by molar-refractivity contribution is 5.97. The van der Waals surface area contributed by atoms with E-state index in [0.29, 0.717) is 37.2 Å². The van der Waals surface area contributed by atoms with Crippen LogP contribution >= 0.6 is 0 Å². The number of hydrogen-bond donors (Lipinski definition) is 3. The first-order chi connectivity index (χ1) is 14.7. The summed E-state index contributed by atoms with van der Waals surface area (Å²) in [5.41, 5.74) is -0.166. The van der Waals surface area contributed by atoms with Crippen molar-refractivity contribution in [2.45, 2.75) is 59.1 Å². The normalized spacial score (nSPS) is 11.4. The van der Waals surface area contributed by atoms with Crippen molar-refractivity contribution in [3.63, 3.8) is 0 Å². The van der Waals surface area contributed by atoms with Gasteiger partial charge in [0, 0.05) is 18.7 Å². The fourth-order valence-electron chi connectivity index (χ4n) is 2.51. The van der Waals surface area contributed by atoms with Gasteiger partial charge in [0.15, 0.2) is 0 Å². The molecule has 0 aliphatic heterocycles. The lowest BCUT2D eigenvalue weighted by Crippen LogP contribution is -2.47. The Kier molecular flexibility index (Phi) is 11.0.